The number of nitrogens with zero attached hydrogens (tertiary/aromatic N) is 2. The number of benzene rings is 2. The fourth-order valence-electron chi connectivity index (χ4n) is 3.22. The third-order valence-electron chi connectivity index (χ3n) is 4.66. The zero-order valence-corrected chi connectivity index (χ0v) is 15.7. The number of aryl methyl sites for hydroxylation is 1. The Kier molecular flexibility index (Phi) is 5.47. The van der Waals surface area contributed by atoms with Gasteiger partial charge in [0.25, 0.3) is 0 Å². The molecule has 6 heteroatoms. The Balaban J connectivity index is 1.74. The van der Waals surface area contributed by atoms with Crippen molar-refractivity contribution in [3.8, 4) is 0 Å². The summed E-state index contributed by atoms with van der Waals surface area (Å²) in [5.74, 6) is -0.0709. The van der Waals surface area contributed by atoms with Crippen molar-refractivity contribution >= 4 is 34.9 Å². The molecular formula is C20H22ClN3O2. The number of hydrogen-bond donors (Lipinski definition) is 1. The topological polar surface area (TPSA) is 52.6 Å². The molecule has 0 saturated carbocycles. The van der Waals surface area contributed by atoms with Crippen LogP contribution in [-0.4, -0.2) is 36.0 Å². The number of carbonyl (C=O) groups is 2. The Morgan fingerprint density at radius 3 is 2.69 bits per heavy atom. The number of urea groups is 1. The van der Waals surface area contributed by atoms with Crippen molar-refractivity contribution in [2.24, 2.45) is 0 Å². The Morgan fingerprint density at radius 1 is 1.19 bits per heavy atom. The maximum Gasteiger partial charge on any atom is 0.322 e. The molecule has 1 atom stereocenters. The summed E-state index contributed by atoms with van der Waals surface area (Å²) in [5, 5.41) is 3.36. The molecule has 0 bridgehead atoms. The third kappa shape index (κ3) is 3.68. The number of anilines is 2. The van der Waals surface area contributed by atoms with Crippen molar-refractivity contribution < 1.29 is 9.59 Å². The predicted octanol–water partition coefficient (Wildman–Crippen LogP) is 4.17. The van der Waals surface area contributed by atoms with E-state index in [0.29, 0.717) is 23.8 Å². The van der Waals surface area contributed by atoms with E-state index >= 15 is 0 Å². The number of carbonyl (C=O) groups excluding carboxylic acids is 2. The lowest BCUT2D eigenvalue weighted by atomic mass is 10.1. The molecule has 1 heterocycles. The highest BCUT2D eigenvalue weighted by Crippen LogP contribution is 2.25. The molecule has 1 aliphatic heterocycles. The minimum atomic E-state index is -0.534. The summed E-state index contributed by atoms with van der Waals surface area (Å²) in [4.78, 5) is 28.8. The van der Waals surface area contributed by atoms with Crippen LogP contribution in [0.15, 0.2) is 48.5 Å². The zero-order chi connectivity index (χ0) is 18.7. The molecule has 0 radical (unpaired) electrons. The molecule has 0 unspecified atom stereocenters. The molecule has 1 fully saturated rings. The van der Waals surface area contributed by atoms with E-state index in [2.05, 4.69) is 12.2 Å². The van der Waals surface area contributed by atoms with Crippen LogP contribution in [0.25, 0.3) is 0 Å². The number of nitrogens with one attached hydrogen (secondary N) is 1. The van der Waals surface area contributed by atoms with E-state index in [9.17, 15) is 9.59 Å². The summed E-state index contributed by atoms with van der Waals surface area (Å²) in [7, 11) is 0. The summed E-state index contributed by atoms with van der Waals surface area (Å²) >= 11 is 5.96. The molecular weight excluding hydrogens is 350 g/mol. The molecule has 3 amide bonds. The van der Waals surface area contributed by atoms with Crippen LogP contribution < -0.4 is 10.2 Å². The number of piperazine rings is 1. The van der Waals surface area contributed by atoms with Crippen molar-refractivity contribution in [1.82, 2.24) is 4.90 Å². The van der Waals surface area contributed by atoms with E-state index in [-0.39, 0.29) is 11.9 Å². The van der Waals surface area contributed by atoms with Crippen molar-refractivity contribution in [2.75, 3.05) is 23.3 Å². The second kappa shape index (κ2) is 7.79. The first-order chi connectivity index (χ1) is 12.5. The van der Waals surface area contributed by atoms with Crippen molar-refractivity contribution in [1.29, 1.82) is 0 Å². The van der Waals surface area contributed by atoms with Gasteiger partial charge in [0.2, 0.25) is 5.91 Å². The van der Waals surface area contributed by atoms with Gasteiger partial charge >= 0.3 is 6.03 Å². The Morgan fingerprint density at radius 2 is 1.96 bits per heavy atom. The van der Waals surface area contributed by atoms with Gasteiger partial charge in [0.15, 0.2) is 0 Å². The third-order valence-corrected chi connectivity index (χ3v) is 4.89. The number of halogens is 1. The van der Waals surface area contributed by atoms with Gasteiger partial charge in [-0.15, -0.1) is 0 Å². The Labute approximate surface area is 158 Å². The normalized spacial score (nSPS) is 17.3. The first kappa shape index (κ1) is 18.3. The van der Waals surface area contributed by atoms with Crippen LogP contribution in [0.2, 0.25) is 5.02 Å². The number of rotatable bonds is 3. The van der Waals surface area contributed by atoms with Gasteiger partial charge in [-0.05, 0) is 43.2 Å². The van der Waals surface area contributed by atoms with Crippen LogP contribution >= 0.6 is 11.6 Å². The molecule has 2 aromatic rings. The van der Waals surface area contributed by atoms with Gasteiger partial charge in [-0.1, -0.05) is 42.8 Å². The van der Waals surface area contributed by atoms with Crippen molar-refractivity contribution in [3.05, 3.63) is 59.1 Å². The highest BCUT2D eigenvalue weighted by molar-refractivity contribution is 6.30. The SMILES string of the molecule is CCc1ccccc1N1CCN(C(=O)Nc2cccc(Cl)c2)[C@@H](C)C1=O. The Hall–Kier alpha value is -2.53. The molecule has 0 aliphatic carbocycles. The molecule has 2 aromatic carbocycles. The highest BCUT2D eigenvalue weighted by Gasteiger charge is 2.35. The average molecular weight is 372 g/mol. The standard InChI is InChI=1S/C20H22ClN3O2/c1-3-15-7-4-5-10-18(15)24-12-11-23(14(2)19(24)25)20(26)22-17-9-6-8-16(21)13-17/h4-10,13-14H,3,11-12H2,1-2H3,(H,22,26)/t14-/m0/s1. The minimum absolute atomic E-state index is 0.0709. The summed E-state index contributed by atoms with van der Waals surface area (Å²) in [6, 6.07) is 14.0. The van der Waals surface area contributed by atoms with Crippen molar-refractivity contribution in [3.63, 3.8) is 0 Å². The molecule has 1 N–H and O–H groups in total. The quantitative estimate of drug-likeness (QED) is 0.880. The number of amides is 3. The maximum absolute atomic E-state index is 12.9. The van der Waals surface area contributed by atoms with E-state index in [0.717, 1.165) is 17.7 Å². The molecule has 26 heavy (non-hydrogen) atoms. The van der Waals surface area contributed by atoms with E-state index in [4.69, 9.17) is 11.6 Å². The van der Waals surface area contributed by atoms with Gasteiger partial charge in [-0.2, -0.15) is 0 Å². The van der Waals surface area contributed by atoms with Gasteiger partial charge in [0, 0.05) is 29.5 Å². The lowest BCUT2D eigenvalue weighted by molar-refractivity contribution is -0.123. The molecule has 0 spiro atoms. The second-order valence-electron chi connectivity index (χ2n) is 6.28. The van der Waals surface area contributed by atoms with Crippen LogP contribution in [0, 0.1) is 0 Å². The summed E-state index contributed by atoms with van der Waals surface area (Å²) in [5.41, 5.74) is 2.67. The maximum atomic E-state index is 12.9. The molecule has 1 aliphatic rings. The molecule has 5 nitrogen and oxygen atoms in total. The van der Waals surface area contributed by atoms with E-state index in [1.54, 1.807) is 41.0 Å². The van der Waals surface area contributed by atoms with Crippen LogP contribution in [0.4, 0.5) is 16.2 Å². The average Bonchev–Trinajstić information content (AvgIpc) is 2.64. The molecule has 3 rings (SSSR count). The predicted molar refractivity (Wildman–Crippen MR) is 105 cm³/mol. The van der Waals surface area contributed by atoms with E-state index < -0.39 is 6.04 Å². The monoisotopic (exact) mass is 371 g/mol. The largest absolute Gasteiger partial charge is 0.322 e. The fraction of sp³-hybridized carbons (Fsp3) is 0.300. The van der Waals surface area contributed by atoms with Gasteiger partial charge < -0.3 is 15.1 Å². The summed E-state index contributed by atoms with van der Waals surface area (Å²) in [6.07, 6.45) is 0.854. The fourth-order valence-corrected chi connectivity index (χ4v) is 3.41. The lowest BCUT2D eigenvalue weighted by Gasteiger charge is -2.39. The van der Waals surface area contributed by atoms with E-state index in [1.165, 1.54) is 0 Å². The first-order valence-corrected chi connectivity index (χ1v) is 9.11. The smallest absolute Gasteiger partial charge is 0.311 e. The van der Waals surface area contributed by atoms with Gasteiger partial charge in [-0.3, -0.25) is 4.79 Å². The van der Waals surface area contributed by atoms with Gasteiger partial charge in [0.05, 0.1) is 0 Å². The second-order valence-corrected chi connectivity index (χ2v) is 6.72. The van der Waals surface area contributed by atoms with Crippen LogP contribution in [0.5, 0.6) is 0 Å². The first-order valence-electron chi connectivity index (χ1n) is 8.73. The minimum Gasteiger partial charge on any atom is -0.311 e. The number of hydrogen-bond acceptors (Lipinski definition) is 2. The van der Waals surface area contributed by atoms with Gasteiger partial charge in [-0.25, -0.2) is 4.79 Å². The zero-order valence-electron chi connectivity index (χ0n) is 14.9. The van der Waals surface area contributed by atoms with Crippen LogP contribution in [0.3, 0.4) is 0 Å². The summed E-state index contributed by atoms with van der Waals surface area (Å²) in [6.45, 7) is 4.78. The summed E-state index contributed by atoms with van der Waals surface area (Å²) < 4.78 is 0. The van der Waals surface area contributed by atoms with Crippen molar-refractivity contribution in [2.45, 2.75) is 26.3 Å². The van der Waals surface area contributed by atoms with Crippen LogP contribution in [-0.2, 0) is 11.2 Å². The van der Waals surface area contributed by atoms with E-state index in [1.807, 2.05) is 24.3 Å². The highest BCUT2D eigenvalue weighted by atomic mass is 35.5. The molecule has 1 saturated heterocycles. The van der Waals surface area contributed by atoms with Gasteiger partial charge in [0.1, 0.15) is 6.04 Å². The lowest BCUT2D eigenvalue weighted by Crippen LogP contribution is -2.58. The molecule has 136 valence electrons. The molecule has 0 aromatic heterocycles. The Bertz CT molecular complexity index is 824. The van der Waals surface area contributed by atoms with Crippen LogP contribution in [0.1, 0.15) is 19.4 Å². The number of para-hydroxylation sites is 1.